The number of nitrogens with zero attached hydrogens (tertiary/aromatic N) is 1. The molecule has 0 unspecified atom stereocenters. The third-order valence-corrected chi connectivity index (χ3v) is 5.88. The van der Waals surface area contributed by atoms with Gasteiger partial charge in [-0.25, -0.2) is 9.40 Å². The maximum absolute atomic E-state index is 14.6. The maximum Gasteiger partial charge on any atom is 0.435 e. The molecule has 0 aromatic heterocycles. The molecule has 0 radical (unpaired) electrons. The molecule has 3 nitrogen and oxygen atoms in total. The zero-order chi connectivity index (χ0) is 23.7. The van der Waals surface area contributed by atoms with Gasteiger partial charge in [-0.3, -0.25) is 5.84 Å². The molecule has 2 aromatic carbocycles. The minimum Gasteiger partial charge on any atom is -0.496 e. The van der Waals surface area contributed by atoms with E-state index in [0.29, 0.717) is 31.5 Å². The number of methoxy groups -OCH3 is 1. The van der Waals surface area contributed by atoms with Gasteiger partial charge in [0.25, 0.3) is 0 Å². The predicted molar refractivity (Wildman–Crippen MR) is 104 cm³/mol. The second-order valence-corrected chi connectivity index (χ2v) is 7.88. The summed E-state index contributed by atoms with van der Waals surface area (Å²) in [7, 11) is 1.25. The summed E-state index contributed by atoms with van der Waals surface area (Å²) in [5, 5.41) is 1.62. The van der Waals surface area contributed by atoms with Crippen molar-refractivity contribution in [3.05, 3.63) is 65.2 Å². The Kier molecular flexibility index (Phi) is 6.76. The number of hydrogen-bond donors (Lipinski definition) is 1. The molecule has 2 aromatic rings. The fourth-order valence-electron chi connectivity index (χ4n) is 4.35. The lowest BCUT2D eigenvalue weighted by molar-refractivity contribution is -0.348. The molecule has 32 heavy (non-hydrogen) atoms. The highest BCUT2D eigenvalue weighted by molar-refractivity contribution is 5.41. The van der Waals surface area contributed by atoms with Crippen molar-refractivity contribution in [2.75, 3.05) is 13.7 Å². The topological polar surface area (TPSA) is 38.5 Å². The summed E-state index contributed by atoms with van der Waals surface area (Å²) < 4.78 is 99.2. The van der Waals surface area contributed by atoms with Crippen molar-refractivity contribution in [1.82, 2.24) is 5.01 Å². The number of benzene rings is 2. The van der Waals surface area contributed by atoms with Crippen LogP contribution in [0.3, 0.4) is 0 Å². The van der Waals surface area contributed by atoms with Crippen molar-refractivity contribution in [1.29, 1.82) is 0 Å². The number of halogens is 7. The SMILES string of the molecule is COc1ccc(C(F)(C(F)(F)F)C(F)(F)F)cc1C[C@@H]1CCCN(N)[C@@H]1c1ccccc1. The Labute approximate surface area is 180 Å². The van der Waals surface area contributed by atoms with Crippen molar-refractivity contribution in [3.63, 3.8) is 0 Å². The minimum absolute atomic E-state index is 0.0572. The summed E-state index contributed by atoms with van der Waals surface area (Å²) >= 11 is 0. The van der Waals surface area contributed by atoms with Crippen molar-refractivity contribution >= 4 is 0 Å². The van der Waals surface area contributed by atoms with Crippen LogP contribution in [0.2, 0.25) is 0 Å². The van der Waals surface area contributed by atoms with E-state index < -0.39 is 23.6 Å². The van der Waals surface area contributed by atoms with Gasteiger partial charge in [0.2, 0.25) is 0 Å². The molecule has 0 saturated carbocycles. The van der Waals surface area contributed by atoms with Gasteiger partial charge in [-0.05, 0) is 48.4 Å². The number of alkyl halides is 7. The van der Waals surface area contributed by atoms with Gasteiger partial charge in [0.05, 0.1) is 13.2 Å². The quantitative estimate of drug-likeness (QED) is 0.446. The summed E-state index contributed by atoms with van der Waals surface area (Å²) in [6, 6.07) is 10.9. The van der Waals surface area contributed by atoms with Crippen LogP contribution in [-0.2, 0) is 12.1 Å². The Morgan fingerprint density at radius 2 is 1.59 bits per heavy atom. The molecule has 1 aliphatic rings. The van der Waals surface area contributed by atoms with Crippen LogP contribution < -0.4 is 10.6 Å². The molecule has 1 heterocycles. The van der Waals surface area contributed by atoms with Crippen LogP contribution in [0.5, 0.6) is 5.75 Å². The summed E-state index contributed by atoms with van der Waals surface area (Å²) in [4.78, 5) is 0. The van der Waals surface area contributed by atoms with Crippen LogP contribution in [0, 0.1) is 5.92 Å². The van der Waals surface area contributed by atoms with Crippen LogP contribution in [0.4, 0.5) is 30.7 Å². The summed E-state index contributed by atoms with van der Waals surface area (Å²) in [6.45, 7) is 0.586. The van der Waals surface area contributed by atoms with Gasteiger partial charge in [0, 0.05) is 12.1 Å². The van der Waals surface area contributed by atoms with Crippen LogP contribution in [0.25, 0.3) is 0 Å². The summed E-state index contributed by atoms with van der Waals surface area (Å²) in [6.07, 6.45) is -11.0. The fourth-order valence-corrected chi connectivity index (χ4v) is 4.35. The van der Waals surface area contributed by atoms with E-state index in [9.17, 15) is 30.7 Å². The Hall–Kier alpha value is -2.33. The molecule has 0 aliphatic carbocycles. The smallest absolute Gasteiger partial charge is 0.435 e. The predicted octanol–water partition coefficient (Wildman–Crippen LogP) is 5.85. The standard InChI is InChI=1S/C22H23F7N2O/c1-32-18-10-9-17(20(23,21(24,25)26)22(27,28)29)13-16(18)12-15-8-5-11-31(30)19(15)14-6-3-2-4-7-14/h2-4,6-7,9-10,13,15,19H,5,8,11-12,30H2,1H3/t15-,19+/m0/s1. The highest BCUT2D eigenvalue weighted by Crippen LogP contribution is 2.53. The van der Waals surface area contributed by atoms with Crippen molar-refractivity contribution in [3.8, 4) is 5.75 Å². The third-order valence-electron chi connectivity index (χ3n) is 5.88. The Morgan fingerprint density at radius 1 is 0.969 bits per heavy atom. The van der Waals surface area contributed by atoms with E-state index in [0.717, 1.165) is 11.6 Å². The lowest BCUT2D eigenvalue weighted by atomic mass is 9.80. The molecule has 2 N–H and O–H groups in total. The molecular formula is C22H23F7N2O. The van der Waals surface area contributed by atoms with Crippen LogP contribution in [0.15, 0.2) is 48.5 Å². The highest BCUT2D eigenvalue weighted by atomic mass is 19.4. The molecular weight excluding hydrogens is 441 g/mol. The van der Waals surface area contributed by atoms with Gasteiger partial charge >= 0.3 is 18.0 Å². The Bertz CT molecular complexity index is 901. The molecule has 1 fully saturated rings. The van der Waals surface area contributed by atoms with E-state index in [1.54, 1.807) is 5.01 Å². The number of nitrogens with two attached hydrogens (primary N) is 1. The first-order valence-corrected chi connectivity index (χ1v) is 9.96. The second-order valence-electron chi connectivity index (χ2n) is 7.88. The summed E-state index contributed by atoms with van der Waals surface area (Å²) in [5.74, 6) is 6.04. The van der Waals surface area contributed by atoms with Gasteiger partial charge in [0.1, 0.15) is 5.75 Å². The average Bonchev–Trinajstić information content (AvgIpc) is 2.72. The van der Waals surface area contributed by atoms with E-state index in [-0.39, 0.29) is 29.7 Å². The van der Waals surface area contributed by atoms with Crippen LogP contribution in [-0.4, -0.2) is 31.0 Å². The van der Waals surface area contributed by atoms with Gasteiger partial charge in [-0.2, -0.15) is 26.3 Å². The fraction of sp³-hybridized carbons (Fsp3) is 0.455. The first kappa shape index (κ1) is 24.3. The van der Waals surface area contributed by atoms with Crippen molar-refractivity contribution < 1.29 is 35.5 Å². The lowest BCUT2D eigenvalue weighted by Crippen LogP contribution is -2.50. The Balaban J connectivity index is 2.04. The lowest BCUT2D eigenvalue weighted by Gasteiger charge is -2.39. The van der Waals surface area contributed by atoms with Gasteiger partial charge in [-0.15, -0.1) is 0 Å². The van der Waals surface area contributed by atoms with E-state index in [2.05, 4.69) is 0 Å². The molecule has 2 atom stereocenters. The molecule has 0 spiro atoms. The second kappa shape index (κ2) is 8.90. The number of ether oxygens (including phenoxy) is 1. The number of hydrazine groups is 1. The molecule has 176 valence electrons. The molecule has 3 rings (SSSR count). The third kappa shape index (κ3) is 4.43. The van der Waals surface area contributed by atoms with Crippen molar-refractivity contribution in [2.45, 2.75) is 43.3 Å². The van der Waals surface area contributed by atoms with Crippen LogP contribution in [0.1, 0.15) is 35.6 Å². The molecule has 0 bridgehead atoms. The summed E-state index contributed by atoms with van der Waals surface area (Å²) in [5.41, 5.74) is -6.08. The van der Waals surface area contributed by atoms with Crippen molar-refractivity contribution in [2.24, 2.45) is 11.8 Å². The van der Waals surface area contributed by atoms with Gasteiger partial charge in [-0.1, -0.05) is 36.4 Å². The minimum atomic E-state index is -6.18. The van der Waals surface area contributed by atoms with Gasteiger partial charge in [0.15, 0.2) is 0 Å². The number of hydrogen-bond acceptors (Lipinski definition) is 3. The zero-order valence-electron chi connectivity index (χ0n) is 17.2. The van der Waals surface area contributed by atoms with Crippen LogP contribution >= 0.6 is 0 Å². The Morgan fingerprint density at radius 3 is 2.16 bits per heavy atom. The number of rotatable bonds is 5. The average molecular weight is 464 g/mol. The largest absolute Gasteiger partial charge is 0.496 e. The van der Waals surface area contributed by atoms with E-state index in [1.807, 2.05) is 30.3 Å². The zero-order valence-corrected chi connectivity index (χ0v) is 17.2. The van der Waals surface area contributed by atoms with E-state index in [1.165, 1.54) is 7.11 Å². The van der Waals surface area contributed by atoms with E-state index in [4.69, 9.17) is 10.6 Å². The normalized spacial score (nSPS) is 20.9. The van der Waals surface area contributed by atoms with Gasteiger partial charge < -0.3 is 4.74 Å². The first-order valence-electron chi connectivity index (χ1n) is 9.96. The molecule has 1 aliphatic heterocycles. The van der Waals surface area contributed by atoms with E-state index >= 15 is 0 Å². The molecule has 1 saturated heterocycles. The first-order chi connectivity index (χ1) is 14.9. The number of piperidine rings is 1. The monoisotopic (exact) mass is 464 g/mol. The molecule has 0 amide bonds. The highest BCUT2D eigenvalue weighted by Gasteiger charge is 2.73. The molecule has 10 heteroatoms. The maximum atomic E-state index is 14.6.